The molecule has 1 aromatic heterocycles. The van der Waals surface area contributed by atoms with E-state index in [-0.39, 0.29) is 18.6 Å². The van der Waals surface area contributed by atoms with Crippen LogP contribution in [0.25, 0.3) is 27.5 Å². The molecule has 0 saturated carbocycles. The molecular weight excluding hydrogens is 405 g/mol. The number of hydrogen-bond donors (Lipinski definition) is 2. The zero-order chi connectivity index (χ0) is 22.3. The number of aromatic nitrogens is 1. The van der Waals surface area contributed by atoms with Crippen LogP contribution >= 0.6 is 0 Å². The number of nitrogens with zero attached hydrogens (tertiary/aromatic N) is 1. The average molecular weight is 426 g/mol. The molecule has 4 rings (SSSR count). The van der Waals surface area contributed by atoms with Crippen molar-refractivity contribution in [1.29, 1.82) is 0 Å². The molecule has 0 fully saturated rings. The summed E-state index contributed by atoms with van der Waals surface area (Å²) in [4.78, 5) is 12.5. The van der Waals surface area contributed by atoms with Crippen molar-refractivity contribution >= 4 is 27.7 Å². The van der Waals surface area contributed by atoms with E-state index in [1.54, 1.807) is 25.1 Å². The second kappa shape index (κ2) is 7.74. The number of rotatable bonds is 4. The third-order valence-electron chi connectivity index (χ3n) is 5.29. The van der Waals surface area contributed by atoms with Gasteiger partial charge in [0.25, 0.3) is 5.91 Å². The number of aliphatic hydroxyl groups excluding tert-OH is 1. The topological polar surface area (TPSA) is 54.3 Å². The molecule has 1 heterocycles. The molecule has 7 heteroatoms. The van der Waals surface area contributed by atoms with Crippen LogP contribution in [-0.4, -0.2) is 28.2 Å². The Bertz CT molecular complexity index is 1270. The summed E-state index contributed by atoms with van der Waals surface area (Å²) in [5.41, 5.74) is 2.99. The predicted molar refractivity (Wildman–Crippen MR) is 115 cm³/mol. The van der Waals surface area contributed by atoms with Crippen molar-refractivity contribution in [3.63, 3.8) is 0 Å². The van der Waals surface area contributed by atoms with Crippen LogP contribution in [-0.2, 0) is 6.18 Å². The first-order chi connectivity index (χ1) is 14.7. The molecule has 4 nitrogen and oxygen atoms in total. The Labute approximate surface area is 176 Å². The number of carbonyl (C=O) groups is 1. The maximum Gasteiger partial charge on any atom is 0.416 e. The van der Waals surface area contributed by atoms with E-state index in [2.05, 4.69) is 5.32 Å². The van der Waals surface area contributed by atoms with Crippen LogP contribution in [0.1, 0.15) is 28.4 Å². The first-order valence-electron chi connectivity index (χ1n) is 9.83. The molecule has 4 aromatic rings. The quantitative estimate of drug-likeness (QED) is 0.470. The normalized spacial score (nSPS) is 13.0. The van der Waals surface area contributed by atoms with Crippen molar-refractivity contribution in [2.75, 3.05) is 6.61 Å². The zero-order valence-electron chi connectivity index (χ0n) is 17.0. The van der Waals surface area contributed by atoms with Gasteiger partial charge in [0.2, 0.25) is 0 Å². The van der Waals surface area contributed by atoms with Gasteiger partial charge < -0.3 is 15.0 Å². The second-order valence-corrected chi connectivity index (χ2v) is 7.69. The highest BCUT2D eigenvalue weighted by molar-refractivity contribution is 6.11. The molecular formula is C24H21F3N2O2. The summed E-state index contributed by atoms with van der Waals surface area (Å²) >= 11 is 0. The summed E-state index contributed by atoms with van der Waals surface area (Å²) in [5, 5.41) is 13.6. The molecule has 31 heavy (non-hydrogen) atoms. The van der Waals surface area contributed by atoms with Crippen molar-refractivity contribution in [3.05, 3.63) is 77.4 Å². The molecule has 0 aliphatic heterocycles. The first-order valence-corrected chi connectivity index (χ1v) is 9.83. The third-order valence-corrected chi connectivity index (χ3v) is 5.29. The summed E-state index contributed by atoms with van der Waals surface area (Å²) < 4.78 is 40.9. The van der Waals surface area contributed by atoms with E-state index in [1.165, 1.54) is 12.1 Å². The fourth-order valence-corrected chi connectivity index (χ4v) is 3.71. The fourth-order valence-electron chi connectivity index (χ4n) is 3.71. The lowest BCUT2D eigenvalue weighted by atomic mass is 10.1. The van der Waals surface area contributed by atoms with Gasteiger partial charge in [-0.2, -0.15) is 13.2 Å². The molecule has 0 aliphatic carbocycles. The number of alkyl halides is 3. The Balaban J connectivity index is 1.90. The molecule has 0 aliphatic rings. The predicted octanol–water partition coefficient (Wildman–Crippen LogP) is 5.22. The minimum Gasteiger partial charge on any atom is -0.394 e. The Morgan fingerprint density at radius 3 is 2.23 bits per heavy atom. The van der Waals surface area contributed by atoms with Crippen LogP contribution in [0.2, 0.25) is 0 Å². The molecule has 160 valence electrons. The van der Waals surface area contributed by atoms with Gasteiger partial charge in [-0.05, 0) is 68.4 Å². The average Bonchev–Trinajstić information content (AvgIpc) is 3.06. The van der Waals surface area contributed by atoms with Gasteiger partial charge in [0.05, 0.1) is 23.2 Å². The molecule has 0 spiro atoms. The lowest BCUT2D eigenvalue weighted by Crippen LogP contribution is -2.34. The van der Waals surface area contributed by atoms with Crippen LogP contribution in [0.15, 0.2) is 60.7 Å². The summed E-state index contributed by atoms with van der Waals surface area (Å²) in [6.07, 6.45) is -4.40. The van der Waals surface area contributed by atoms with E-state index < -0.39 is 11.7 Å². The highest BCUT2D eigenvalue weighted by Gasteiger charge is 2.30. The Morgan fingerprint density at radius 1 is 1.00 bits per heavy atom. The van der Waals surface area contributed by atoms with E-state index in [4.69, 9.17) is 0 Å². The minimum absolute atomic E-state index is 0.166. The van der Waals surface area contributed by atoms with Crippen LogP contribution < -0.4 is 5.32 Å². The highest BCUT2D eigenvalue weighted by Crippen LogP contribution is 2.35. The minimum atomic E-state index is -4.40. The summed E-state index contributed by atoms with van der Waals surface area (Å²) in [6.45, 7) is 3.50. The SMILES string of the molecule is Cc1ccc2c(c1)c1cc(C(=O)NC(C)CO)ccc1n2-c1ccc(C(F)(F)F)cc1. The van der Waals surface area contributed by atoms with Gasteiger partial charge in [-0.25, -0.2) is 0 Å². The fraction of sp³-hybridized carbons (Fsp3) is 0.208. The van der Waals surface area contributed by atoms with E-state index >= 15 is 0 Å². The molecule has 3 aromatic carbocycles. The van der Waals surface area contributed by atoms with Gasteiger partial charge >= 0.3 is 6.18 Å². The van der Waals surface area contributed by atoms with Crippen molar-refractivity contribution in [1.82, 2.24) is 9.88 Å². The molecule has 1 unspecified atom stereocenters. The zero-order valence-corrected chi connectivity index (χ0v) is 17.0. The summed E-state index contributed by atoms with van der Waals surface area (Å²) in [7, 11) is 0. The Morgan fingerprint density at radius 2 is 1.61 bits per heavy atom. The Kier molecular flexibility index (Phi) is 5.23. The number of benzene rings is 3. The number of aliphatic hydroxyl groups is 1. The van der Waals surface area contributed by atoms with Gasteiger partial charge in [0.15, 0.2) is 0 Å². The van der Waals surface area contributed by atoms with Crippen molar-refractivity contribution < 1.29 is 23.1 Å². The number of nitrogens with one attached hydrogen (secondary N) is 1. The van der Waals surface area contributed by atoms with Gasteiger partial charge in [-0.1, -0.05) is 11.6 Å². The van der Waals surface area contributed by atoms with Gasteiger partial charge in [-0.15, -0.1) is 0 Å². The van der Waals surface area contributed by atoms with E-state index in [0.717, 1.165) is 39.5 Å². The number of aryl methyl sites for hydroxylation is 1. The van der Waals surface area contributed by atoms with Crippen molar-refractivity contribution in [2.45, 2.75) is 26.1 Å². The number of fused-ring (bicyclic) bond motifs is 3. The van der Waals surface area contributed by atoms with Crippen LogP contribution in [0.3, 0.4) is 0 Å². The molecule has 1 amide bonds. The van der Waals surface area contributed by atoms with Gasteiger partial charge in [0.1, 0.15) is 0 Å². The largest absolute Gasteiger partial charge is 0.416 e. The number of amides is 1. The maximum absolute atomic E-state index is 13.0. The molecule has 0 radical (unpaired) electrons. The van der Waals surface area contributed by atoms with Gasteiger partial charge in [-0.3, -0.25) is 4.79 Å². The lowest BCUT2D eigenvalue weighted by molar-refractivity contribution is -0.137. The number of carbonyl (C=O) groups excluding carboxylic acids is 1. The summed E-state index contributed by atoms with van der Waals surface area (Å²) in [6, 6.07) is 15.8. The highest BCUT2D eigenvalue weighted by atomic mass is 19.4. The molecule has 1 atom stereocenters. The molecule has 2 N–H and O–H groups in total. The van der Waals surface area contributed by atoms with Crippen molar-refractivity contribution in [2.24, 2.45) is 0 Å². The number of hydrogen-bond acceptors (Lipinski definition) is 2. The number of halogens is 3. The van der Waals surface area contributed by atoms with Crippen LogP contribution in [0.4, 0.5) is 13.2 Å². The van der Waals surface area contributed by atoms with Crippen LogP contribution in [0, 0.1) is 6.92 Å². The smallest absolute Gasteiger partial charge is 0.394 e. The summed E-state index contributed by atoms with van der Waals surface area (Å²) in [5.74, 6) is -0.300. The van der Waals surface area contributed by atoms with Gasteiger partial charge in [0, 0.05) is 28.1 Å². The Hall–Kier alpha value is -3.32. The van der Waals surface area contributed by atoms with E-state index in [0.29, 0.717) is 11.3 Å². The van der Waals surface area contributed by atoms with Crippen LogP contribution in [0.5, 0.6) is 0 Å². The third kappa shape index (κ3) is 3.88. The first kappa shape index (κ1) is 20.9. The lowest BCUT2D eigenvalue weighted by Gasteiger charge is -2.12. The van der Waals surface area contributed by atoms with E-state index in [9.17, 15) is 23.1 Å². The second-order valence-electron chi connectivity index (χ2n) is 7.69. The molecule has 0 bridgehead atoms. The van der Waals surface area contributed by atoms with E-state index in [1.807, 2.05) is 29.7 Å². The van der Waals surface area contributed by atoms with Crippen molar-refractivity contribution in [3.8, 4) is 5.69 Å². The molecule has 0 saturated heterocycles. The maximum atomic E-state index is 13.0. The monoisotopic (exact) mass is 426 g/mol. The standard InChI is InChI=1S/C24H21F3N2O2/c1-14-3-9-21-19(11-14)20-12-16(23(31)28-15(2)13-30)4-10-22(20)29(21)18-7-5-17(6-8-18)24(25,26)27/h3-12,15,30H,13H2,1-2H3,(H,28,31).